The van der Waals surface area contributed by atoms with Crippen molar-refractivity contribution in [3.05, 3.63) is 54.4 Å². The van der Waals surface area contributed by atoms with Crippen LogP contribution in [0.3, 0.4) is 0 Å². The maximum atomic E-state index is 12.6. The molecule has 0 unspecified atom stereocenters. The van der Waals surface area contributed by atoms with Gasteiger partial charge in [-0.25, -0.2) is 4.79 Å². The van der Waals surface area contributed by atoms with E-state index in [1.165, 1.54) is 0 Å². The van der Waals surface area contributed by atoms with Gasteiger partial charge in [0.2, 0.25) is 0 Å². The van der Waals surface area contributed by atoms with Gasteiger partial charge in [-0.2, -0.15) is 0 Å². The molecule has 1 aliphatic heterocycles. The highest BCUT2D eigenvalue weighted by atomic mass is 32.2. The number of likely N-dealkylation sites (tertiary alicyclic amines) is 1. The largest absolute Gasteiger partial charge is 0.322 e. The van der Waals surface area contributed by atoms with Crippen LogP contribution >= 0.6 is 11.8 Å². The van der Waals surface area contributed by atoms with Gasteiger partial charge in [0.25, 0.3) is 0 Å². The Morgan fingerprint density at radius 2 is 2.23 bits per heavy atom. The lowest BCUT2D eigenvalue weighted by Crippen LogP contribution is -2.34. The lowest BCUT2D eigenvalue weighted by Gasteiger charge is -2.24. The first-order valence-corrected chi connectivity index (χ1v) is 8.63. The molecule has 0 radical (unpaired) electrons. The Morgan fingerprint density at radius 1 is 1.32 bits per heavy atom. The van der Waals surface area contributed by atoms with Gasteiger partial charge in [-0.05, 0) is 49.4 Å². The van der Waals surface area contributed by atoms with Crippen LogP contribution in [-0.2, 0) is 0 Å². The van der Waals surface area contributed by atoms with Crippen molar-refractivity contribution in [1.29, 1.82) is 0 Å². The maximum absolute atomic E-state index is 12.6. The molecule has 0 aliphatic carbocycles. The van der Waals surface area contributed by atoms with Crippen LogP contribution < -0.4 is 5.32 Å². The Bertz CT molecular complexity index is 647. The molecule has 1 aromatic heterocycles. The minimum Gasteiger partial charge on any atom is -0.316 e. The van der Waals surface area contributed by atoms with Crippen LogP contribution in [0, 0.1) is 0 Å². The summed E-state index contributed by atoms with van der Waals surface area (Å²) in [6.07, 6.45) is 5.79. The third kappa shape index (κ3) is 3.25. The Kier molecular flexibility index (Phi) is 4.63. The number of hydrogen-bond acceptors (Lipinski definition) is 3. The van der Waals surface area contributed by atoms with Crippen molar-refractivity contribution in [1.82, 2.24) is 9.88 Å². The van der Waals surface area contributed by atoms with E-state index in [0.717, 1.165) is 35.7 Å². The van der Waals surface area contributed by atoms with Crippen LogP contribution in [0.5, 0.6) is 0 Å². The van der Waals surface area contributed by atoms with Crippen molar-refractivity contribution in [3.8, 4) is 0 Å². The van der Waals surface area contributed by atoms with Crippen LogP contribution in [0.2, 0.25) is 0 Å². The van der Waals surface area contributed by atoms with Gasteiger partial charge in [0, 0.05) is 23.3 Å². The number of benzene rings is 1. The van der Waals surface area contributed by atoms with E-state index in [9.17, 15) is 4.79 Å². The predicted octanol–water partition coefficient (Wildman–Crippen LogP) is 4.17. The van der Waals surface area contributed by atoms with E-state index >= 15 is 0 Å². The molecule has 1 fully saturated rings. The van der Waals surface area contributed by atoms with Gasteiger partial charge >= 0.3 is 6.03 Å². The summed E-state index contributed by atoms with van der Waals surface area (Å²) in [5.41, 5.74) is 1.80. The summed E-state index contributed by atoms with van der Waals surface area (Å²) >= 11 is 1.66. The molecule has 1 aliphatic rings. The Morgan fingerprint density at radius 3 is 3.00 bits per heavy atom. The number of carbonyl (C=O) groups excluding carboxylic acids is 1. The summed E-state index contributed by atoms with van der Waals surface area (Å²) in [6.45, 7) is 0.773. The Balaban J connectivity index is 1.73. The number of nitrogens with one attached hydrogen (secondary N) is 1. The van der Waals surface area contributed by atoms with E-state index in [1.807, 2.05) is 53.6 Å². The van der Waals surface area contributed by atoms with Crippen LogP contribution in [-0.4, -0.2) is 28.7 Å². The average molecular weight is 313 g/mol. The molecule has 1 atom stereocenters. The molecular weight excluding hydrogens is 294 g/mol. The first-order valence-electron chi connectivity index (χ1n) is 7.40. The maximum Gasteiger partial charge on any atom is 0.322 e. The van der Waals surface area contributed by atoms with Crippen molar-refractivity contribution in [2.75, 3.05) is 18.1 Å². The molecule has 4 nitrogen and oxygen atoms in total. The molecule has 1 aromatic carbocycles. The van der Waals surface area contributed by atoms with Crippen LogP contribution in [0.25, 0.3) is 0 Å². The number of thioether (sulfide) groups is 1. The van der Waals surface area contributed by atoms with Crippen molar-refractivity contribution in [2.24, 2.45) is 0 Å². The molecule has 3 rings (SSSR count). The summed E-state index contributed by atoms with van der Waals surface area (Å²) < 4.78 is 0. The molecule has 22 heavy (non-hydrogen) atoms. The second kappa shape index (κ2) is 6.83. The number of urea groups is 1. The number of hydrogen-bond donors (Lipinski definition) is 1. The zero-order chi connectivity index (χ0) is 15.4. The molecule has 0 bridgehead atoms. The van der Waals surface area contributed by atoms with Gasteiger partial charge in [-0.1, -0.05) is 12.1 Å². The summed E-state index contributed by atoms with van der Waals surface area (Å²) in [5.74, 6) is 0. The van der Waals surface area contributed by atoms with E-state index in [1.54, 1.807) is 18.0 Å². The molecule has 0 spiro atoms. The fourth-order valence-corrected chi connectivity index (χ4v) is 3.25. The molecule has 2 amide bonds. The number of anilines is 1. The number of nitrogens with zero attached hydrogens (tertiary/aromatic N) is 2. The standard InChI is InChI=1S/C17H19N3OS/c1-22-14-7-4-6-13(12-14)19-17(21)20-11-5-9-16(20)15-8-2-3-10-18-15/h2-4,6-8,10,12,16H,5,9,11H2,1H3,(H,19,21)/t16-/m1/s1. The number of carbonyl (C=O) groups is 1. The minimum atomic E-state index is -0.0496. The third-order valence-electron chi connectivity index (χ3n) is 3.86. The molecular formula is C17H19N3OS. The van der Waals surface area contributed by atoms with Gasteiger partial charge in [-0.15, -0.1) is 11.8 Å². The Labute approximate surface area is 134 Å². The predicted molar refractivity (Wildman–Crippen MR) is 90.2 cm³/mol. The molecule has 114 valence electrons. The topological polar surface area (TPSA) is 45.2 Å². The highest BCUT2D eigenvalue weighted by molar-refractivity contribution is 7.98. The first kappa shape index (κ1) is 14.9. The lowest BCUT2D eigenvalue weighted by molar-refractivity contribution is 0.206. The molecule has 2 heterocycles. The number of amides is 2. The first-order chi connectivity index (χ1) is 10.8. The van der Waals surface area contributed by atoms with E-state index in [2.05, 4.69) is 10.3 Å². The summed E-state index contributed by atoms with van der Waals surface area (Å²) in [6, 6.07) is 13.8. The number of pyridine rings is 1. The van der Waals surface area contributed by atoms with Gasteiger partial charge in [0.05, 0.1) is 11.7 Å². The molecule has 1 saturated heterocycles. The quantitative estimate of drug-likeness (QED) is 0.865. The van der Waals surface area contributed by atoms with E-state index in [-0.39, 0.29) is 12.1 Å². The summed E-state index contributed by atoms with van der Waals surface area (Å²) in [5, 5.41) is 3.00. The molecule has 1 N–H and O–H groups in total. The Hall–Kier alpha value is -2.01. The van der Waals surface area contributed by atoms with E-state index in [4.69, 9.17) is 0 Å². The van der Waals surface area contributed by atoms with Gasteiger partial charge in [0.15, 0.2) is 0 Å². The van der Waals surface area contributed by atoms with Crippen LogP contribution in [0.4, 0.5) is 10.5 Å². The third-order valence-corrected chi connectivity index (χ3v) is 4.59. The fraction of sp³-hybridized carbons (Fsp3) is 0.294. The van der Waals surface area contributed by atoms with Gasteiger partial charge < -0.3 is 10.2 Å². The van der Waals surface area contributed by atoms with Crippen LogP contribution in [0.15, 0.2) is 53.6 Å². The second-order valence-corrected chi connectivity index (χ2v) is 6.15. The zero-order valence-corrected chi connectivity index (χ0v) is 13.3. The van der Waals surface area contributed by atoms with Gasteiger partial charge in [0.1, 0.15) is 0 Å². The van der Waals surface area contributed by atoms with Crippen molar-refractivity contribution >= 4 is 23.5 Å². The van der Waals surface area contributed by atoms with Gasteiger partial charge in [-0.3, -0.25) is 4.98 Å². The summed E-state index contributed by atoms with van der Waals surface area (Å²) in [7, 11) is 0. The minimum absolute atomic E-state index is 0.0496. The monoisotopic (exact) mass is 313 g/mol. The second-order valence-electron chi connectivity index (χ2n) is 5.27. The smallest absolute Gasteiger partial charge is 0.316 e. The fourth-order valence-electron chi connectivity index (χ4n) is 2.79. The van der Waals surface area contributed by atoms with E-state index in [0.29, 0.717) is 0 Å². The molecule has 2 aromatic rings. The number of rotatable bonds is 3. The van der Waals surface area contributed by atoms with Crippen molar-refractivity contribution < 1.29 is 4.79 Å². The average Bonchev–Trinajstić information content (AvgIpc) is 3.05. The van der Waals surface area contributed by atoms with E-state index < -0.39 is 0 Å². The zero-order valence-electron chi connectivity index (χ0n) is 12.5. The van der Waals surface area contributed by atoms with Crippen molar-refractivity contribution in [3.63, 3.8) is 0 Å². The summed E-state index contributed by atoms with van der Waals surface area (Å²) in [4.78, 5) is 20.0. The highest BCUT2D eigenvalue weighted by Gasteiger charge is 2.30. The normalized spacial score (nSPS) is 17.5. The number of aromatic nitrogens is 1. The van der Waals surface area contributed by atoms with Crippen LogP contribution in [0.1, 0.15) is 24.6 Å². The molecule has 5 heteroatoms. The molecule has 0 saturated carbocycles. The SMILES string of the molecule is CSc1cccc(NC(=O)N2CCC[C@@H]2c2ccccn2)c1. The lowest BCUT2D eigenvalue weighted by atomic mass is 10.1. The highest BCUT2D eigenvalue weighted by Crippen LogP contribution is 2.31. The van der Waals surface area contributed by atoms with Crippen molar-refractivity contribution in [2.45, 2.75) is 23.8 Å².